The number of fused-ring (bicyclic) bond motifs is 1. The number of hydrogen-bond acceptors (Lipinski definition) is 4. The third kappa shape index (κ3) is 3.11. The van der Waals surface area contributed by atoms with Crippen molar-refractivity contribution in [2.75, 3.05) is 13.7 Å². The number of hydrogen-bond donors (Lipinski definition) is 0. The SMILES string of the molecule is COc1ccc(COC(=O)C2=Cc3ccccc3OC2)cc1. The average Bonchev–Trinajstić information content (AvgIpc) is 2.59. The molecule has 0 aromatic heterocycles. The van der Waals surface area contributed by atoms with E-state index in [1.807, 2.05) is 54.6 Å². The fourth-order valence-electron chi connectivity index (χ4n) is 2.20. The maximum Gasteiger partial charge on any atom is 0.337 e. The van der Waals surface area contributed by atoms with Gasteiger partial charge in [0.05, 0.1) is 12.7 Å². The van der Waals surface area contributed by atoms with E-state index < -0.39 is 0 Å². The highest BCUT2D eigenvalue weighted by atomic mass is 16.5. The van der Waals surface area contributed by atoms with Crippen LogP contribution in [0.4, 0.5) is 0 Å². The lowest BCUT2D eigenvalue weighted by Gasteiger charge is -2.17. The topological polar surface area (TPSA) is 44.8 Å². The third-order valence-electron chi connectivity index (χ3n) is 3.42. The minimum absolute atomic E-state index is 0.224. The van der Waals surface area contributed by atoms with Crippen molar-refractivity contribution in [2.45, 2.75) is 6.61 Å². The molecule has 0 bridgehead atoms. The van der Waals surface area contributed by atoms with Gasteiger partial charge in [-0.1, -0.05) is 30.3 Å². The number of benzene rings is 2. The maximum absolute atomic E-state index is 12.1. The monoisotopic (exact) mass is 296 g/mol. The van der Waals surface area contributed by atoms with E-state index in [2.05, 4.69) is 0 Å². The van der Waals surface area contributed by atoms with E-state index in [9.17, 15) is 4.79 Å². The number of para-hydroxylation sites is 1. The molecule has 3 rings (SSSR count). The van der Waals surface area contributed by atoms with Crippen molar-refractivity contribution in [2.24, 2.45) is 0 Å². The zero-order valence-electron chi connectivity index (χ0n) is 12.2. The highest BCUT2D eigenvalue weighted by Crippen LogP contribution is 2.26. The molecule has 0 saturated carbocycles. The minimum Gasteiger partial charge on any atom is -0.497 e. The van der Waals surface area contributed by atoms with E-state index in [0.717, 1.165) is 22.6 Å². The minimum atomic E-state index is -0.356. The molecule has 0 spiro atoms. The summed E-state index contributed by atoms with van der Waals surface area (Å²) in [7, 11) is 1.61. The van der Waals surface area contributed by atoms with E-state index in [-0.39, 0.29) is 19.2 Å². The van der Waals surface area contributed by atoms with Crippen LogP contribution in [0.25, 0.3) is 6.08 Å². The summed E-state index contributed by atoms with van der Waals surface area (Å²) in [4.78, 5) is 12.1. The summed E-state index contributed by atoms with van der Waals surface area (Å²) in [6, 6.07) is 15.0. The lowest BCUT2D eigenvalue weighted by molar-refractivity contribution is -0.140. The Morgan fingerprint density at radius 3 is 2.68 bits per heavy atom. The number of rotatable bonds is 4. The van der Waals surface area contributed by atoms with Crippen LogP contribution in [0.1, 0.15) is 11.1 Å². The summed E-state index contributed by atoms with van der Waals surface area (Å²) in [6.45, 7) is 0.459. The van der Waals surface area contributed by atoms with Crippen LogP contribution in [-0.2, 0) is 16.1 Å². The largest absolute Gasteiger partial charge is 0.497 e. The van der Waals surface area contributed by atoms with Crippen molar-refractivity contribution >= 4 is 12.0 Å². The lowest BCUT2D eigenvalue weighted by Crippen LogP contribution is -2.17. The molecule has 1 heterocycles. The van der Waals surface area contributed by atoms with Gasteiger partial charge in [0.25, 0.3) is 0 Å². The second-order valence-electron chi connectivity index (χ2n) is 4.92. The van der Waals surface area contributed by atoms with Crippen molar-refractivity contribution in [1.29, 1.82) is 0 Å². The molecule has 0 atom stereocenters. The molecule has 0 saturated heterocycles. The molecule has 0 fully saturated rings. The summed E-state index contributed by atoms with van der Waals surface area (Å²) >= 11 is 0. The fourth-order valence-corrected chi connectivity index (χ4v) is 2.20. The molecule has 4 heteroatoms. The highest BCUT2D eigenvalue weighted by Gasteiger charge is 2.18. The molecule has 0 amide bonds. The first-order valence-corrected chi connectivity index (χ1v) is 6.99. The van der Waals surface area contributed by atoms with Gasteiger partial charge in [0.1, 0.15) is 24.7 Å². The third-order valence-corrected chi connectivity index (χ3v) is 3.42. The Hall–Kier alpha value is -2.75. The van der Waals surface area contributed by atoms with Gasteiger partial charge in [-0.25, -0.2) is 4.79 Å². The Kier molecular flexibility index (Phi) is 4.10. The second-order valence-corrected chi connectivity index (χ2v) is 4.92. The van der Waals surface area contributed by atoms with Crippen LogP contribution in [0.3, 0.4) is 0 Å². The predicted octanol–water partition coefficient (Wildman–Crippen LogP) is 3.21. The predicted molar refractivity (Wildman–Crippen MR) is 82.7 cm³/mol. The number of esters is 1. The number of methoxy groups -OCH3 is 1. The summed E-state index contributed by atoms with van der Waals surface area (Å²) in [5.74, 6) is 1.20. The molecule has 112 valence electrons. The van der Waals surface area contributed by atoms with Crippen LogP contribution >= 0.6 is 0 Å². The van der Waals surface area contributed by atoms with E-state index in [1.54, 1.807) is 7.11 Å². The van der Waals surface area contributed by atoms with Gasteiger partial charge in [0.15, 0.2) is 0 Å². The Labute approximate surface area is 128 Å². The molecular formula is C18H16O4. The van der Waals surface area contributed by atoms with Gasteiger partial charge in [-0.15, -0.1) is 0 Å². The molecule has 0 unspecified atom stereocenters. The lowest BCUT2D eigenvalue weighted by atomic mass is 10.1. The highest BCUT2D eigenvalue weighted by molar-refractivity contribution is 5.95. The quantitative estimate of drug-likeness (QED) is 0.813. The second kappa shape index (κ2) is 6.35. The van der Waals surface area contributed by atoms with Crippen molar-refractivity contribution < 1.29 is 19.0 Å². The smallest absolute Gasteiger partial charge is 0.337 e. The maximum atomic E-state index is 12.1. The van der Waals surface area contributed by atoms with Gasteiger partial charge in [-0.2, -0.15) is 0 Å². The summed E-state index contributed by atoms with van der Waals surface area (Å²) < 4.78 is 16.0. The van der Waals surface area contributed by atoms with Crippen molar-refractivity contribution in [3.63, 3.8) is 0 Å². The Morgan fingerprint density at radius 1 is 1.14 bits per heavy atom. The van der Waals surface area contributed by atoms with Crippen molar-refractivity contribution in [3.05, 3.63) is 65.2 Å². The molecule has 0 radical (unpaired) electrons. The summed E-state index contributed by atoms with van der Waals surface area (Å²) in [5.41, 5.74) is 2.32. The summed E-state index contributed by atoms with van der Waals surface area (Å²) in [6.07, 6.45) is 1.81. The van der Waals surface area contributed by atoms with Crippen molar-refractivity contribution in [3.8, 4) is 11.5 Å². The van der Waals surface area contributed by atoms with E-state index in [0.29, 0.717) is 5.57 Å². The van der Waals surface area contributed by atoms with Crippen LogP contribution in [0.2, 0.25) is 0 Å². The molecule has 2 aromatic carbocycles. The van der Waals surface area contributed by atoms with Crippen LogP contribution < -0.4 is 9.47 Å². The zero-order valence-corrected chi connectivity index (χ0v) is 12.2. The van der Waals surface area contributed by atoms with Gasteiger partial charge in [-0.05, 0) is 29.8 Å². The van der Waals surface area contributed by atoms with E-state index >= 15 is 0 Å². The first-order chi connectivity index (χ1) is 10.8. The van der Waals surface area contributed by atoms with E-state index in [1.165, 1.54) is 0 Å². The Bertz CT molecular complexity index is 701. The number of ether oxygens (including phenoxy) is 3. The number of carbonyl (C=O) groups excluding carboxylic acids is 1. The Morgan fingerprint density at radius 2 is 1.91 bits per heavy atom. The molecule has 4 nitrogen and oxygen atoms in total. The van der Waals surface area contributed by atoms with Crippen LogP contribution in [0.5, 0.6) is 11.5 Å². The van der Waals surface area contributed by atoms with Gasteiger partial charge in [-0.3, -0.25) is 0 Å². The molecule has 1 aliphatic rings. The van der Waals surface area contributed by atoms with Gasteiger partial charge in [0.2, 0.25) is 0 Å². The fraction of sp³-hybridized carbons (Fsp3) is 0.167. The van der Waals surface area contributed by atoms with Crippen LogP contribution in [0, 0.1) is 0 Å². The first-order valence-electron chi connectivity index (χ1n) is 6.99. The van der Waals surface area contributed by atoms with Gasteiger partial charge >= 0.3 is 5.97 Å². The molecule has 1 aliphatic heterocycles. The normalized spacial score (nSPS) is 12.7. The molecule has 22 heavy (non-hydrogen) atoms. The average molecular weight is 296 g/mol. The number of carbonyl (C=O) groups is 1. The molecular weight excluding hydrogens is 280 g/mol. The standard InChI is InChI=1S/C18H16O4/c1-20-16-8-6-13(7-9-16)11-22-18(19)15-10-14-4-2-3-5-17(14)21-12-15/h2-10H,11-12H2,1H3. The van der Waals surface area contributed by atoms with Crippen molar-refractivity contribution in [1.82, 2.24) is 0 Å². The molecule has 2 aromatic rings. The van der Waals surface area contributed by atoms with Gasteiger partial charge in [0, 0.05) is 5.56 Å². The van der Waals surface area contributed by atoms with Crippen LogP contribution in [-0.4, -0.2) is 19.7 Å². The zero-order chi connectivity index (χ0) is 15.4. The first kappa shape index (κ1) is 14.2. The Balaban J connectivity index is 1.64. The van der Waals surface area contributed by atoms with E-state index in [4.69, 9.17) is 14.2 Å². The van der Waals surface area contributed by atoms with Crippen LogP contribution in [0.15, 0.2) is 54.1 Å². The summed E-state index contributed by atoms with van der Waals surface area (Å²) in [5, 5.41) is 0. The molecule has 0 N–H and O–H groups in total. The molecule has 0 aliphatic carbocycles. The van der Waals surface area contributed by atoms with Gasteiger partial charge < -0.3 is 14.2 Å².